The number of aromatic nitrogens is 3. The van der Waals surface area contributed by atoms with Gasteiger partial charge in [-0.05, 0) is 91.5 Å². The fraction of sp³-hybridized carbons (Fsp3) is 0.536. The molecule has 1 unspecified atom stereocenters. The Labute approximate surface area is 213 Å². The number of hydrogen-bond donors (Lipinski definition) is 1. The van der Waals surface area contributed by atoms with Crippen LogP contribution in [0.2, 0.25) is 0 Å². The molecule has 1 atom stereocenters. The lowest BCUT2D eigenvalue weighted by Gasteiger charge is -2.29. The number of amides is 1. The van der Waals surface area contributed by atoms with Crippen molar-refractivity contribution < 1.29 is 19.0 Å². The van der Waals surface area contributed by atoms with Gasteiger partial charge in [0.1, 0.15) is 17.6 Å². The summed E-state index contributed by atoms with van der Waals surface area (Å²) in [5.74, 6) is 0.760. The number of carbonyl (C=O) groups excluding carboxylic acids is 1. The molecular formula is C28H38N4O4. The number of carbonyl (C=O) groups is 1. The molecule has 8 heteroatoms. The second kappa shape index (κ2) is 10.1. The maximum Gasteiger partial charge on any atom is 0.408 e. The first kappa shape index (κ1) is 25.9. The van der Waals surface area contributed by atoms with Crippen molar-refractivity contribution in [2.45, 2.75) is 91.2 Å². The van der Waals surface area contributed by atoms with Gasteiger partial charge in [0.15, 0.2) is 0 Å². The normalized spacial score (nSPS) is 16.8. The average molecular weight is 495 g/mol. The number of benzene rings is 1. The highest BCUT2D eigenvalue weighted by Crippen LogP contribution is 2.38. The molecule has 0 spiro atoms. The summed E-state index contributed by atoms with van der Waals surface area (Å²) in [6.45, 7) is 14.2. The van der Waals surface area contributed by atoms with Gasteiger partial charge in [-0.25, -0.2) is 9.48 Å². The van der Waals surface area contributed by atoms with Gasteiger partial charge in [-0.2, -0.15) is 5.10 Å². The molecular weight excluding hydrogens is 456 g/mol. The van der Waals surface area contributed by atoms with Crippen molar-refractivity contribution in [1.29, 1.82) is 0 Å². The predicted molar refractivity (Wildman–Crippen MR) is 140 cm³/mol. The molecule has 0 saturated carbocycles. The third-order valence-corrected chi connectivity index (χ3v) is 6.04. The van der Waals surface area contributed by atoms with Gasteiger partial charge in [0.2, 0.25) is 0 Å². The van der Waals surface area contributed by atoms with Crippen LogP contribution in [0.1, 0.15) is 79.5 Å². The highest BCUT2D eigenvalue weighted by Gasteiger charge is 2.27. The van der Waals surface area contributed by atoms with Crippen LogP contribution in [0.25, 0.3) is 22.2 Å². The fourth-order valence-corrected chi connectivity index (χ4v) is 4.28. The molecule has 4 rings (SSSR count). The van der Waals surface area contributed by atoms with Crippen LogP contribution >= 0.6 is 0 Å². The number of nitrogens with one attached hydrogen (secondary N) is 1. The van der Waals surface area contributed by atoms with E-state index in [4.69, 9.17) is 24.3 Å². The monoisotopic (exact) mass is 494 g/mol. The summed E-state index contributed by atoms with van der Waals surface area (Å²) in [5, 5.41) is 8.65. The van der Waals surface area contributed by atoms with Gasteiger partial charge in [-0.15, -0.1) is 0 Å². The Kier molecular flexibility index (Phi) is 7.27. The molecule has 0 bridgehead atoms. The quantitative estimate of drug-likeness (QED) is 0.430. The Hall–Kier alpha value is -3.13. The van der Waals surface area contributed by atoms with Crippen molar-refractivity contribution >= 4 is 17.0 Å². The first-order chi connectivity index (χ1) is 16.9. The molecule has 0 aliphatic carbocycles. The van der Waals surface area contributed by atoms with E-state index in [-0.39, 0.29) is 12.3 Å². The van der Waals surface area contributed by atoms with Gasteiger partial charge < -0.3 is 19.5 Å². The minimum atomic E-state index is -0.657. The molecule has 1 fully saturated rings. The number of hydrogen-bond acceptors (Lipinski definition) is 6. The van der Waals surface area contributed by atoms with E-state index >= 15 is 0 Å². The summed E-state index contributed by atoms with van der Waals surface area (Å²) in [6.07, 6.45) is 6.47. The maximum absolute atomic E-state index is 12.3. The zero-order chi connectivity index (χ0) is 26.1. The van der Waals surface area contributed by atoms with E-state index in [2.05, 4.69) is 5.32 Å². The van der Waals surface area contributed by atoms with E-state index in [1.807, 2.05) is 83.6 Å². The highest BCUT2D eigenvalue weighted by atomic mass is 16.6. The van der Waals surface area contributed by atoms with Crippen molar-refractivity contribution in [2.24, 2.45) is 0 Å². The molecule has 1 saturated heterocycles. The third-order valence-electron chi connectivity index (χ3n) is 6.04. The van der Waals surface area contributed by atoms with E-state index in [9.17, 15) is 4.79 Å². The number of fused-ring (bicyclic) bond motifs is 1. The molecule has 194 valence electrons. The number of rotatable bonds is 6. The molecule has 1 aliphatic rings. The van der Waals surface area contributed by atoms with Crippen molar-refractivity contribution in [2.75, 3.05) is 6.61 Å². The van der Waals surface area contributed by atoms with Gasteiger partial charge >= 0.3 is 6.09 Å². The number of ether oxygens (including phenoxy) is 3. The maximum atomic E-state index is 12.3. The standard InChI is InChI=1S/C28H38N4O4/c1-18(2)35-25-20(12-14-23-21(25)17-32(31-23)24-10-8-9-15-34-24)22-13-11-19(16-29-22)28(6,7)30-26(33)36-27(3,4)5/h11-14,16-18,24H,8-10,15H2,1-7H3,(H,30,33). The van der Waals surface area contributed by atoms with Crippen molar-refractivity contribution in [3.8, 4) is 17.0 Å². The summed E-state index contributed by atoms with van der Waals surface area (Å²) >= 11 is 0. The average Bonchev–Trinajstić information content (AvgIpc) is 3.23. The Morgan fingerprint density at radius 3 is 2.53 bits per heavy atom. The smallest absolute Gasteiger partial charge is 0.408 e. The Bertz CT molecular complexity index is 1200. The minimum absolute atomic E-state index is 0.0140. The lowest BCUT2D eigenvalue weighted by atomic mass is 9.95. The molecule has 3 aromatic rings. The molecule has 3 heterocycles. The van der Waals surface area contributed by atoms with Crippen molar-refractivity contribution in [3.63, 3.8) is 0 Å². The van der Waals surface area contributed by atoms with Gasteiger partial charge in [0.25, 0.3) is 0 Å². The van der Waals surface area contributed by atoms with Crippen LogP contribution in [0.4, 0.5) is 4.79 Å². The lowest BCUT2D eigenvalue weighted by Crippen LogP contribution is -2.43. The van der Waals surface area contributed by atoms with Crippen LogP contribution in [0.3, 0.4) is 0 Å². The van der Waals surface area contributed by atoms with Crippen molar-refractivity contribution in [3.05, 3.63) is 42.2 Å². The molecule has 1 aliphatic heterocycles. The van der Waals surface area contributed by atoms with Crippen LogP contribution in [0.5, 0.6) is 5.75 Å². The Balaban J connectivity index is 1.64. The largest absolute Gasteiger partial charge is 0.490 e. The molecule has 36 heavy (non-hydrogen) atoms. The first-order valence-corrected chi connectivity index (χ1v) is 12.7. The molecule has 8 nitrogen and oxygen atoms in total. The topological polar surface area (TPSA) is 87.5 Å². The van der Waals surface area contributed by atoms with Crippen molar-refractivity contribution in [1.82, 2.24) is 20.1 Å². The number of alkyl carbamates (subject to hydrolysis) is 1. The van der Waals surface area contributed by atoms with E-state index in [0.717, 1.165) is 59.3 Å². The summed E-state index contributed by atoms with van der Waals surface area (Å²) in [5.41, 5.74) is 2.19. The van der Waals surface area contributed by atoms with Crippen LogP contribution in [-0.2, 0) is 15.0 Å². The van der Waals surface area contributed by atoms with E-state index < -0.39 is 17.2 Å². The summed E-state index contributed by atoms with van der Waals surface area (Å²) in [7, 11) is 0. The van der Waals surface area contributed by atoms with Gasteiger partial charge in [-0.3, -0.25) is 4.98 Å². The predicted octanol–water partition coefficient (Wildman–Crippen LogP) is 6.34. The zero-order valence-electron chi connectivity index (χ0n) is 22.4. The molecule has 2 aromatic heterocycles. The highest BCUT2D eigenvalue weighted by molar-refractivity contribution is 5.92. The summed E-state index contributed by atoms with van der Waals surface area (Å²) in [4.78, 5) is 17.1. The number of pyridine rings is 1. The summed E-state index contributed by atoms with van der Waals surface area (Å²) < 4.78 is 19.6. The number of nitrogens with zero attached hydrogens (tertiary/aromatic N) is 3. The first-order valence-electron chi connectivity index (χ1n) is 12.7. The minimum Gasteiger partial charge on any atom is -0.490 e. The molecule has 1 N–H and O–H groups in total. The second-order valence-corrected chi connectivity index (χ2v) is 11.2. The van der Waals surface area contributed by atoms with Crippen LogP contribution < -0.4 is 10.1 Å². The molecule has 1 amide bonds. The lowest BCUT2D eigenvalue weighted by molar-refractivity contribution is -0.0390. The SMILES string of the molecule is CC(C)Oc1c(-c2ccc(C(C)(C)NC(=O)OC(C)(C)C)cn2)ccc2nn(C3CCCCO3)cc12. The van der Waals surface area contributed by atoms with Gasteiger partial charge in [0.05, 0.1) is 28.2 Å². The van der Waals surface area contributed by atoms with Crippen LogP contribution in [0.15, 0.2) is 36.7 Å². The Morgan fingerprint density at radius 1 is 1.14 bits per heavy atom. The third kappa shape index (κ3) is 5.98. The second-order valence-electron chi connectivity index (χ2n) is 11.2. The molecule has 0 radical (unpaired) electrons. The zero-order valence-corrected chi connectivity index (χ0v) is 22.4. The van der Waals surface area contributed by atoms with Crippen LogP contribution in [0, 0.1) is 0 Å². The van der Waals surface area contributed by atoms with Gasteiger partial charge in [0, 0.05) is 24.6 Å². The fourth-order valence-electron chi connectivity index (χ4n) is 4.28. The summed E-state index contributed by atoms with van der Waals surface area (Å²) in [6, 6.07) is 7.94. The molecule has 1 aromatic carbocycles. The van der Waals surface area contributed by atoms with E-state index in [0.29, 0.717) is 0 Å². The van der Waals surface area contributed by atoms with Crippen LogP contribution in [-0.4, -0.2) is 39.2 Å². The van der Waals surface area contributed by atoms with E-state index in [1.54, 1.807) is 6.20 Å². The Morgan fingerprint density at radius 2 is 1.92 bits per heavy atom. The van der Waals surface area contributed by atoms with E-state index in [1.165, 1.54) is 0 Å². The van der Waals surface area contributed by atoms with Gasteiger partial charge in [-0.1, -0.05) is 6.07 Å².